The van der Waals surface area contributed by atoms with E-state index in [2.05, 4.69) is 9.82 Å². The summed E-state index contributed by atoms with van der Waals surface area (Å²) in [5.41, 5.74) is 5.54. The minimum atomic E-state index is -3.64. The van der Waals surface area contributed by atoms with E-state index in [4.69, 9.17) is 5.73 Å². The van der Waals surface area contributed by atoms with Crippen molar-refractivity contribution in [3.05, 3.63) is 42.5 Å². The smallest absolute Gasteiger partial charge is 0.243 e. The molecule has 0 unspecified atom stereocenters. The molecule has 0 fully saturated rings. The van der Waals surface area contributed by atoms with E-state index in [0.717, 1.165) is 6.42 Å². The number of para-hydroxylation sites is 1. The van der Waals surface area contributed by atoms with Gasteiger partial charge in [0.1, 0.15) is 16.4 Å². The van der Waals surface area contributed by atoms with Crippen LogP contribution in [-0.2, 0) is 10.0 Å². The highest BCUT2D eigenvalue weighted by Gasteiger charge is 2.17. The van der Waals surface area contributed by atoms with E-state index in [1.807, 2.05) is 0 Å². The van der Waals surface area contributed by atoms with Crippen LogP contribution in [0.1, 0.15) is 12.8 Å². The standard InChI is InChI=1S/C13H17FN4O2S/c14-12-5-1-2-6-13(12)18-10-11(9-16-18)21(19,20)17-8-4-3-7-15/h1-2,5-6,9-10,17H,3-4,7-8,15H2. The quantitative estimate of drug-likeness (QED) is 0.747. The molecule has 0 saturated carbocycles. The first-order valence-corrected chi connectivity index (χ1v) is 8.02. The lowest BCUT2D eigenvalue weighted by molar-refractivity contribution is 0.577. The third-order valence-corrected chi connectivity index (χ3v) is 4.31. The summed E-state index contributed by atoms with van der Waals surface area (Å²) in [5.74, 6) is -0.472. The third-order valence-electron chi connectivity index (χ3n) is 2.89. The first-order chi connectivity index (χ1) is 10.0. The molecule has 1 aromatic heterocycles. The van der Waals surface area contributed by atoms with E-state index in [0.29, 0.717) is 19.5 Å². The summed E-state index contributed by atoms with van der Waals surface area (Å²) in [5, 5.41) is 3.90. The van der Waals surface area contributed by atoms with Crippen molar-refractivity contribution in [3.63, 3.8) is 0 Å². The molecule has 0 bridgehead atoms. The third kappa shape index (κ3) is 3.87. The molecule has 1 aromatic carbocycles. The summed E-state index contributed by atoms with van der Waals surface area (Å²) in [7, 11) is -3.64. The van der Waals surface area contributed by atoms with Gasteiger partial charge in [-0.2, -0.15) is 5.10 Å². The molecule has 114 valence electrons. The molecule has 8 heteroatoms. The molecule has 0 saturated heterocycles. The van der Waals surface area contributed by atoms with Crippen molar-refractivity contribution < 1.29 is 12.8 Å². The van der Waals surface area contributed by atoms with Crippen LogP contribution in [0.15, 0.2) is 41.6 Å². The highest BCUT2D eigenvalue weighted by atomic mass is 32.2. The summed E-state index contributed by atoms with van der Waals surface area (Å²) in [6.07, 6.45) is 3.88. The zero-order chi connectivity index (χ0) is 15.3. The fourth-order valence-corrected chi connectivity index (χ4v) is 2.78. The maximum Gasteiger partial charge on any atom is 0.243 e. The van der Waals surface area contributed by atoms with Gasteiger partial charge in [-0.05, 0) is 31.5 Å². The molecule has 0 aliphatic heterocycles. The van der Waals surface area contributed by atoms with Crippen molar-refractivity contribution in [2.24, 2.45) is 5.73 Å². The molecule has 0 aliphatic carbocycles. The molecule has 0 radical (unpaired) electrons. The monoisotopic (exact) mass is 312 g/mol. The average Bonchev–Trinajstić information content (AvgIpc) is 2.95. The Labute approximate surface area is 122 Å². The molecular weight excluding hydrogens is 295 g/mol. The summed E-state index contributed by atoms with van der Waals surface area (Å²) >= 11 is 0. The van der Waals surface area contributed by atoms with Crippen LogP contribution in [0, 0.1) is 5.82 Å². The molecule has 0 atom stereocenters. The highest BCUT2D eigenvalue weighted by Crippen LogP contribution is 2.15. The van der Waals surface area contributed by atoms with Gasteiger partial charge in [-0.15, -0.1) is 0 Å². The fourth-order valence-electron chi connectivity index (χ4n) is 1.77. The number of nitrogens with zero attached hydrogens (tertiary/aromatic N) is 2. The Morgan fingerprint density at radius 2 is 2.05 bits per heavy atom. The Hall–Kier alpha value is -1.77. The largest absolute Gasteiger partial charge is 0.330 e. The average molecular weight is 312 g/mol. The molecule has 6 nitrogen and oxygen atoms in total. The van der Waals surface area contributed by atoms with Crippen LogP contribution in [0.3, 0.4) is 0 Å². The number of nitrogens with one attached hydrogen (secondary N) is 1. The summed E-state index contributed by atoms with van der Waals surface area (Å²) < 4.78 is 41.4. The minimum Gasteiger partial charge on any atom is -0.330 e. The van der Waals surface area contributed by atoms with E-state index >= 15 is 0 Å². The Morgan fingerprint density at radius 1 is 1.29 bits per heavy atom. The Balaban J connectivity index is 2.14. The van der Waals surface area contributed by atoms with E-state index in [9.17, 15) is 12.8 Å². The van der Waals surface area contributed by atoms with Gasteiger partial charge >= 0.3 is 0 Å². The summed E-state index contributed by atoms with van der Waals surface area (Å²) in [6.45, 7) is 0.831. The highest BCUT2D eigenvalue weighted by molar-refractivity contribution is 7.89. The lowest BCUT2D eigenvalue weighted by Crippen LogP contribution is -2.24. The maximum absolute atomic E-state index is 13.6. The van der Waals surface area contributed by atoms with E-state index in [1.54, 1.807) is 12.1 Å². The zero-order valence-corrected chi connectivity index (χ0v) is 12.2. The van der Waals surface area contributed by atoms with Gasteiger partial charge in [0.2, 0.25) is 10.0 Å². The molecule has 21 heavy (non-hydrogen) atoms. The van der Waals surface area contributed by atoms with Gasteiger partial charge in [0.05, 0.1) is 12.4 Å². The van der Waals surface area contributed by atoms with Gasteiger partial charge in [-0.3, -0.25) is 0 Å². The van der Waals surface area contributed by atoms with E-state index in [1.165, 1.54) is 29.2 Å². The minimum absolute atomic E-state index is 0.00139. The van der Waals surface area contributed by atoms with Crippen molar-refractivity contribution >= 4 is 10.0 Å². The van der Waals surface area contributed by atoms with Crippen LogP contribution in [0.2, 0.25) is 0 Å². The van der Waals surface area contributed by atoms with Crippen LogP contribution >= 0.6 is 0 Å². The summed E-state index contributed by atoms with van der Waals surface area (Å²) in [6, 6.07) is 6.02. The van der Waals surface area contributed by atoms with Crippen LogP contribution in [-0.4, -0.2) is 31.3 Å². The molecular formula is C13H17FN4O2S. The van der Waals surface area contributed by atoms with Crippen molar-refractivity contribution in [2.75, 3.05) is 13.1 Å². The van der Waals surface area contributed by atoms with Gasteiger partial charge < -0.3 is 5.73 Å². The number of hydrogen-bond donors (Lipinski definition) is 2. The maximum atomic E-state index is 13.6. The second kappa shape index (κ2) is 6.79. The molecule has 0 aliphatic rings. The second-order valence-electron chi connectivity index (χ2n) is 4.47. The van der Waals surface area contributed by atoms with Gasteiger partial charge in [0, 0.05) is 6.54 Å². The van der Waals surface area contributed by atoms with Crippen LogP contribution in [0.4, 0.5) is 4.39 Å². The lowest BCUT2D eigenvalue weighted by Gasteiger charge is -2.04. The number of rotatable bonds is 7. The normalized spacial score (nSPS) is 11.7. The molecule has 3 N–H and O–H groups in total. The number of unbranched alkanes of at least 4 members (excludes halogenated alkanes) is 1. The van der Waals surface area contributed by atoms with Crippen molar-refractivity contribution in [2.45, 2.75) is 17.7 Å². The Bertz CT molecular complexity index is 700. The fraction of sp³-hybridized carbons (Fsp3) is 0.308. The van der Waals surface area contributed by atoms with E-state index < -0.39 is 15.8 Å². The number of nitrogens with two attached hydrogens (primary N) is 1. The van der Waals surface area contributed by atoms with Crippen molar-refractivity contribution in [1.82, 2.24) is 14.5 Å². The zero-order valence-electron chi connectivity index (χ0n) is 11.4. The lowest BCUT2D eigenvalue weighted by atomic mass is 10.3. The second-order valence-corrected chi connectivity index (χ2v) is 6.23. The van der Waals surface area contributed by atoms with Crippen molar-refractivity contribution in [3.8, 4) is 5.69 Å². The Morgan fingerprint density at radius 3 is 2.76 bits per heavy atom. The topological polar surface area (TPSA) is 90.0 Å². The molecule has 1 heterocycles. The number of aromatic nitrogens is 2. The molecule has 0 spiro atoms. The number of hydrogen-bond acceptors (Lipinski definition) is 4. The van der Waals surface area contributed by atoms with Gasteiger partial charge in [-0.1, -0.05) is 12.1 Å². The SMILES string of the molecule is NCCCCNS(=O)(=O)c1cnn(-c2ccccc2F)c1. The number of halogens is 1. The summed E-state index contributed by atoms with van der Waals surface area (Å²) in [4.78, 5) is -0.00139. The van der Waals surface area contributed by atoms with Crippen LogP contribution < -0.4 is 10.5 Å². The number of benzene rings is 1. The molecule has 2 aromatic rings. The van der Waals surface area contributed by atoms with E-state index in [-0.39, 0.29) is 10.6 Å². The van der Waals surface area contributed by atoms with Crippen LogP contribution in [0.25, 0.3) is 5.69 Å². The van der Waals surface area contributed by atoms with Crippen LogP contribution in [0.5, 0.6) is 0 Å². The van der Waals surface area contributed by atoms with Gasteiger partial charge in [0.25, 0.3) is 0 Å². The predicted octanol–water partition coefficient (Wildman–Crippen LogP) is 1.03. The van der Waals surface area contributed by atoms with Crippen molar-refractivity contribution in [1.29, 1.82) is 0 Å². The predicted molar refractivity (Wildman–Crippen MR) is 77.0 cm³/mol. The Kier molecular flexibility index (Phi) is 5.05. The van der Waals surface area contributed by atoms with Gasteiger partial charge in [-0.25, -0.2) is 22.2 Å². The molecule has 2 rings (SSSR count). The number of sulfonamides is 1. The molecule has 0 amide bonds. The first-order valence-electron chi connectivity index (χ1n) is 6.54. The van der Waals surface area contributed by atoms with Gasteiger partial charge in [0.15, 0.2) is 0 Å². The first kappa shape index (κ1) is 15.6.